The van der Waals surface area contributed by atoms with Crippen LogP contribution in [0, 0.1) is 18.8 Å². The highest BCUT2D eigenvalue weighted by atomic mass is 32.2. The maximum Gasteiger partial charge on any atom is 0.481 e. The Bertz CT molecular complexity index is 3170. The van der Waals surface area contributed by atoms with Crippen LogP contribution in [0.25, 0.3) is 22.3 Å². The number of anilines is 2. The van der Waals surface area contributed by atoms with Crippen LogP contribution in [0.2, 0.25) is 0 Å². The van der Waals surface area contributed by atoms with E-state index in [1.165, 1.54) is 0 Å². The predicted molar refractivity (Wildman–Crippen MR) is 228 cm³/mol. The van der Waals surface area contributed by atoms with Gasteiger partial charge in [-0.15, -0.1) is 12.8 Å². The fourth-order valence-electron chi connectivity index (χ4n) is 5.89. The zero-order valence-corrected chi connectivity index (χ0v) is 40.5. The molecular formula is C26H40N12O27P4S2. The van der Waals surface area contributed by atoms with E-state index in [0.717, 1.165) is 21.8 Å². The van der Waals surface area contributed by atoms with E-state index in [2.05, 4.69) is 69.9 Å². The number of aromatic amines is 2. The van der Waals surface area contributed by atoms with Crippen molar-refractivity contribution in [3.8, 4) is 12.8 Å². The van der Waals surface area contributed by atoms with Crippen LogP contribution >= 0.6 is 31.3 Å². The maximum absolute atomic E-state index is 12.4. The number of phosphoric ester groups is 2. The number of carbonyl (C=O) groups excluding carboxylic acids is 1. The smallest absolute Gasteiger partial charge is 0.387 e. The van der Waals surface area contributed by atoms with Crippen LogP contribution in [0.4, 0.5) is 11.9 Å². The van der Waals surface area contributed by atoms with Gasteiger partial charge in [0.15, 0.2) is 47.0 Å². The number of terminal acetylenes is 1. The van der Waals surface area contributed by atoms with Crippen molar-refractivity contribution in [2.45, 2.75) is 62.9 Å². The van der Waals surface area contributed by atoms with Crippen molar-refractivity contribution in [2.24, 2.45) is 16.2 Å². The SMILES string of the molecule is C#C.CC(C)C(=O)Nc1nc2c(ncn2C2OC(COP(=O)(O)OP(=O)(O)O)C(O)C2OS(N)(=O)=O)c(=O)[nH]1.Nc1nc2c(ncn2C2OC(COP(=O)(O)OP(=O)(O)O)C(O)C2OS(N)(=O)=O)c(=O)[nH]1. The number of carbonyl (C=O) groups is 1. The quantitative estimate of drug-likeness (QED) is 0.0327. The van der Waals surface area contributed by atoms with Crippen molar-refractivity contribution in [1.82, 2.24) is 39.0 Å². The van der Waals surface area contributed by atoms with Gasteiger partial charge in [0.25, 0.3) is 11.1 Å². The number of ether oxygens (including phenoxy) is 2. The molecule has 2 saturated heterocycles. The van der Waals surface area contributed by atoms with Crippen LogP contribution in [0.1, 0.15) is 26.3 Å². The predicted octanol–water partition coefficient (Wildman–Crippen LogP) is -5.19. The van der Waals surface area contributed by atoms with Crippen LogP contribution in [-0.2, 0) is 79.2 Å². The summed E-state index contributed by atoms with van der Waals surface area (Å²) in [6.07, 6.45) is -4.10. The molecule has 398 valence electrons. The zero-order chi connectivity index (χ0) is 54.0. The summed E-state index contributed by atoms with van der Waals surface area (Å²) in [5.74, 6) is -1.61. The lowest BCUT2D eigenvalue weighted by Crippen LogP contribution is -2.38. The number of amides is 1. The number of nitrogen functional groups attached to an aromatic ring is 1. The van der Waals surface area contributed by atoms with Gasteiger partial charge in [0.1, 0.15) is 24.4 Å². The number of aliphatic hydroxyl groups is 2. The lowest BCUT2D eigenvalue weighted by molar-refractivity contribution is -0.119. The number of hydrogen-bond donors (Lipinski definition) is 14. The number of nitrogens with zero attached hydrogens (tertiary/aromatic N) is 6. The summed E-state index contributed by atoms with van der Waals surface area (Å²) in [5.41, 5.74) is 2.95. The molecule has 0 aliphatic carbocycles. The Kier molecular flexibility index (Phi) is 18.7. The molecule has 71 heavy (non-hydrogen) atoms. The van der Waals surface area contributed by atoms with Gasteiger partial charge < -0.3 is 54.8 Å². The summed E-state index contributed by atoms with van der Waals surface area (Å²) in [6, 6.07) is 0. The molecule has 6 heterocycles. The summed E-state index contributed by atoms with van der Waals surface area (Å²) in [6.45, 7) is 1.07. The lowest BCUT2D eigenvalue weighted by Gasteiger charge is -2.20. The molecule has 6 rings (SSSR count). The number of fused-ring (bicyclic) bond motifs is 2. The van der Waals surface area contributed by atoms with Crippen molar-refractivity contribution >= 4 is 92.0 Å². The molecule has 10 unspecified atom stereocenters. The van der Waals surface area contributed by atoms with E-state index in [1.807, 2.05) is 0 Å². The first-order valence-corrected chi connectivity index (χ1v) is 27.3. The molecule has 10 atom stereocenters. The summed E-state index contributed by atoms with van der Waals surface area (Å²) < 4.78 is 129. The highest BCUT2D eigenvalue weighted by Gasteiger charge is 2.51. The summed E-state index contributed by atoms with van der Waals surface area (Å²) in [7, 11) is -31.0. The molecule has 0 radical (unpaired) electrons. The van der Waals surface area contributed by atoms with Crippen molar-refractivity contribution in [1.29, 1.82) is 0 Å². The third kappa shape index (κ3) is 16.3. The topological polar surface area (TPSA) is 607 Å². The van der Waals surface area contributed by atoms with E-state index < -0.39 is 137 Å². The lowest BCUT2D eigenvalue weighted by atomic mass is 10.1. The van der Waals surface area contributed by atoms with Crippen LogP contribution in [-0.4, -0.2) is 151 Å². The molecule has 0 spiro atoms. The van der Waals surface area contributed by atoms with E-state index in [-0.39, 0.29) is 34.2 Å². The number of phosphoric acid groups is 4. The summed E-state index contributed by atoms with van der Waals surface area (Å²) >= 11 is 0. The molecule has 4 aromatic rings. The second-order valence-corrected chi connectivity index (χ2v) is 22.1. The largest absolute Gasteiger partial charge is 0.481 e. The number of nitrogens with one attached hydrogen (secondary N) is 3. The third-order valence-corrected chi connectivity index (χ3v) is 13.8. The number of imidazole rings is 2. The molecule has 0 bridgehead atoms. The van der Waals surface area contributed by atoms with E-state index in [1.54, 1.807) is 13.8 Å². The normalized spacial score (nSPS) is 24.7. The minimum Gasteiger partial charge on any atom is -0.387 e. The van der Waals surface area contributed by atoms with E-state index >= 15 is 0 Å². The van der Waals surface area contributed by atoms with Crippen LogP contribution in [0.15, 0.2) is 22.2 Å². The van der Waals surface area contributed by atoms with Gasteiger partial charge in [-0.2, -0.15) is 35.4 Å². The molecule has 4 aromatic heterocycles. The Hall–Kier alpha value is -4.37. The van der Waals surface area contributed by atoms with E-state index in [0.29, 0.717) is 0 Å². The van der Waals surface area contributed by atoms with Gasteiger partial charge in [-0.25, -0.2) is 46.9 Å². The minimum absolute atomic E-state index is 0.203. The highest BCUT2D eigenvalue weighted by Crippen LogP contribution is 2.59. The average Bonchev–Trinajstić information content (AvgIpc) is 3.96. The van der Waals surface area contributed by atoms with Gasteiger partial charge in [0, 0.05) is 5.92 Å². The van der Waals surface area contributed by atoms with Crippen molar-refractivity contribution in [3.05, 3.63) is 33.4 Å². The molecule has 2 aliphatic rings. The first kappa shape index (κ1) is 59.2. The molecule has 17 N–H and O–H groups in total. The van der Waals surface area contributed by atoms with Crippen LogP contribution in [0.5, 0.6) is 0 Å². The molecule has 39 nitrogen and oxygen atoms in total. The third-order valence-electron chi connectivity index (χ3n) is 8.54. The van der Waals surface area contributed by atoms with E-state index in [4.69, 9.17) is 49.2 Å². The van der Waals surface area contributed by atoms with E-state index in [9.17, 15) is 69.5 Å². The standard InChI is InChI=1S/C14H22N6O14P2S.C10H16N6O13P2S.C2H2/c1-5(2)11(22)18-14-17-10-7(12(23)19-14)16-4-20(10)13-9(33-37(15,29)30)8(21)6(32-13)3-31-36(27,28)34-35(24,25)26;11-10-14-7-4(8(18)15-10)13-2-16(7)9-6(28-32(12,24)25)5(17)3(27-9)1-26-31(22,23)29-30(19,20)21;1-2/h4-6,8-9,13,21H,3H2,1-2H3,(H,27,28)(H2,15,29,30)(H2,24,25,26)(H2,17,18,19,22,23);2-3,5-6,9,17H,1H2,(H,22,23)(H2,12,24,25)(H2,19,20,21)(H3,11,14,15,18);1-2H. The Balaban J connectivity index is 0.000000301. The molecule has 1 amide bonds. The van der Waals surface area contributed by atoms with Gasteiger partial charge in [0.2, 0.25) is 17.8 Å². The second kappa shape index (κ2) is 22.4. The minimum atomic E-state index is -5.45. The maximum atomic E-state index is 12.4. The number of aromatic nitrogens is 8. The molecule has 2 aliphatic heterocycles. The Morgan fingerprint density at radius 3 is 1.51 bits per heavy atom. The fraction of sp³-hybridized carbons (Fsp3) is 0.500. The molecule has 45 heteroatoms. The fourth-order valence-corrected chi connectivity index (χ4v) is 10.1. The van der Waals surface area contributed by atoms with Gasteiger partial charge >= 0.3 is 51.9 Å². The molecular weight excluding hydrogens is 1100 g/mol. The second-order valence-electron chi connectivity index (χ2n) is 14.0. The van der Waals surface area contributed by atoms with Crippen molar-refractivity contribution in [3.63, 3.8) is 0 Å². The zero-order valence-electron chi connectivity index (χ0n) is 35.3. The number of hydrogen-bond acceptors (Lipinski definition) is 26. The van der Waals surface area contributed by atoms with Crippen molar-refractivity contribution in [2.75, 3.05) is 24.3 Å². The van der Waals surface area contributed by atoms with Crippen molar-refractivity contribution < 1.29 is 115 Å². The summed E-state index contributed by atoms with van der Waals surface area (Å²) in [5, 5.41) is 33.1. The first-order valence-electron chi connectivity index (χ1n) is 18.3. The monoisotopic (exact) mass is 1140 g/mol. The van der Waals surface area contributed by atoms with Crippen LogP contribution < -0.4 is 32.4 Å². The number of rotatable bonds is 18. The Morgan fingerprint density at radius 1 is 0.761 bits per heavy atom. The molecule has 2 fully saturated rings. The highest BCUT2D eigenvalue weighted by molar-refractivity contribution is 7.84. The Morgan fingerprint density at radius 2 is 1.14 bits per heavy atom. The number of H-pyrrole nitrogens is 2. The molecule has 0 saturated carbocycles. The van der Waals surface area contributed by atoms with Crippen LogP contribution in [0.3, 0.4) is 0 Å². The van der Waals surface area contributed by atoms with Gasteiger partial charge in [-0.05, 0) is 0 Å². The molecule has 0 aromatic carbocycles. The van der Waals surface area contributed by atoms with Gasteiger partial charge in [0.05, 0.1) is 25.9 Å². The number of aliphatic hydroxyl groups excluding tert-OH is 2. The van der Waals surface area contributed by atoms with Gasteiger partial charge in [-0.1, -0.05) is 13.8 Å². The summed E-state index contributed by atoms with van der Waals surface area (Å²) in [4.78, 5) is 110. The Labute approximate surface area is 394 Å². The average molecular weight is 1140 g/mol. The van der Waals surface area contributed by atoms with Gasteiger partial charge in [-0.3, -0.25) is 47.9 Å². The number of nitrogens with two attached hydrogens (primary N) is 3. The first-order chi connectivity index (χ1) is 32.4.